The molecule has 0 amide bonds. The first kappa shape index (κ1) is 10.4. The van der Waals surface area contributed by atoms with Gasteiger partial charge < -0.3 is 0 Å². The Hall–Kier alpha value is -0.740. The number of alkyl halides is 2. The lowest BCUT2D eigenvalue weighted by Crippen LogP contribution is -2.12. The van der Waals surface area contributed by atoms with E-state index in [9.17, 15) is 0 Å². The van der Waals surface area contributed by atoms with Crippen LogP contribution < -0.4 is 0 Å². The first-order valence-corrected chi connectivity index (χ1v) is 6.80. The lowest BCUT2D eigenvalue weighted by atomic mass is 10.0. The van der Waals surface area contributed by atoms with Crippen LogP contribution in [0.2, 0.25) is 0 Å². The van der Waals surface area contributed by atoms with E-state index in [-0.39, 0.29) is 9.65 Å². The minimum Gasteiger partial charge on any atom is -0.260 e. The van der Waals surface area contributed by atoms with Crippen molar-refractivity contribution < 1.29 is 0 Å². The van der Waals surface area contributed by atoms with E-state index in [2.05, 4.69) is 54.0 Å². The Balaban J connectivity index is 2.37. The Bertz CT molecular complexity index is 580. The maximum absolute atomic E-state index is 4.45. The van der Waals surface area contributed by atoms with Crippen molar-refractivity contribution in [2.45, 2.75) is 9.65 Å². The van der Waals surface area contributed by atoms with Crippen molar-refractivity contribution in [3.8, 4) is 0 Å². The topological polar surface area (TPSA) is 25.2 Å². The van der Waals surface area contributed by atoms with Crippen LogP contribution in [0.4, 0.5) is 5.69 Å². The van der Waals surface area contributed by atoms with Crippen LogP contribution in [0.1, 0.15) is 10.4 Å². The number of halogens is 2. The van der Waals surface area contributed by atoms with Crippen LogP contribution in [-0.2, 0) is 0 Å². The van der Waals surface area contributed by atoms with Crippen molar-refractivity contribution in [1.29, 1.82) is 0 Å². The molecule has 1 aromatic carbocycles. The third kappa shape index (κ3) is 1.52. The van der Waals surface area contributed by atoms with E-state index >= 15 is 0 Å². The second-order valence-corrected chi connectivity index (χ2v) is 5.74. The molecule has 2 aromatic rings. The molecule has 2 unspecified atom stereocenters. The monoisotopic (exact) mass is 338 g/mol. The average Bonchev–Trinajstić information content (AvgIpc) is 2.33. The van der Waals surface area contributed by atoms with Crippen LogP contribution in [0.25, 0.3) is 10.9 Å². The van der Waals surface area contributed by atoms with Gasteiger partial charge in [-0.1, -0.05) is 44.0 Å². The van der Waals surface area contributed by atoms with Crippen LogP contribution in [0.5, 0.6) is 0 Å². The Labute approximate surface area is 110 Å². The summed E-state index contributed by atoms with van der Waals surface area (Å²) < 4.78 is 0. The van der Waals surface area contributed by atoms with Gasteiger partial charge in [-0.05, 0) is 12.1 Å². The Kier molecular flexibility index (Phi) is 2.56. The first-order valence-electron chi connectivity index (χ1n) is 4.97. The molecule has 0 saturated carbocycles. The minimum atomic E-state index is 0.215. The number of benzene rings is 1. The summed E-state index contributed by atoms with van der Waals surface area (Å²) in [5.41, 5.74) is 3.20. The molecule has 0 saturated heterocycles. The molecule has 16 heavy (non-hydrogen) atoms. The van der Waals surface area contributed by atoms with Gasteiger partial charge in [-0.3, -0.25) is 9.98 Å². The van der Waals surface area contributed by atoms with Crippen molar-refractivity contribution in [2.24, 2.45) is 4.99 Å². The molecule has 0 N–H and O–H groups in total. The summed E-state index contributed by atoms with van der Waals surface area (Å²) in [6.07, 6.45) is 3.74. The van der Waals surface area contributed by atoms with E-state index in [1.54, 1.807) is 0 Å². The number of rotatable bonds is 0. The maximum atomic E-state index is 4.45. The van der Waals surface area contributed by atoms with Gasteiger partial charge in [0.1, 0.15) is 0 Å². The second kappa shape index (κ2) is 3.93. The van der Waals surface area contributed by atoms with Crippen molar-refractivity contribution in [1.82, 2.24) is 4.98 Å². The summed E-state index contributed by atoms with van der Waals surface area (Å²) in [6, 6.07) is 8.13. The van der Waals surface area contributed by atoms with Gasteiger partial charge in [0, 0.05) is 23.4 Å². The molecule has 0 radical (unpaired) electrons. The quantitative estimate of drug-likeness (QED) is 0.662. The SMILES string of the molecule is BrC1C=Nc2ccc3cccnc3c2C1Br. The van der Waals surface area contributed by atoms with Crippen molar-refractivity contribution >= 4 is 54.7 Å². The molecule has 2 heterocycles. The highest BCUT2D eigenvalue weighted by Gasteiger charge is 2.25. The number of pyridine rings is 1. The average molecular weight is 340 g/mol. The predicted octanol–water partition coefficient (Wildman–Crippen LogP) is 4.15. The van der Waals surface area contributed by atoms with Gasteiger partial charge in [0.2, 0.25) is 0 Å². The Morgan fingerprint density at radius 3 is 2.88 bits per heavy atom. The molecule has 2 nitrogen and oxygen atoms in total. The molecule has 3 rings (SSSR count). The second-order valence-electron chi connectivity index (χ2n) is 3.70. The van der Waals surface area contributed by atoms with Gasteiger partial charge in [-0.15, -0.1) is 0 Å². The third-order valence-electron chi connectivity index (χ3n) is 2.70. The van der Waals surface area contributed by atoms with Crippen LogP contribution in [0.15, 0.2) is 35.5 Å². The first-order chi connectivity index (χ1) is 7.77. The summed E-state index contributed by atoms with van der Waals surface area (Å²) in [4.78, 5) is 9.32. The minimum absolute atomic E-state index is 0.215. The van der Waals surface area contributed by atoms with E-state index in [4.69, 9.17) is 0 Å². The number of hydrogen-bond acceptors (Lipinski definition) is 2. The van der Waals surface area contributed by atoms with Crippen LogP contribution >= 0.6 is 31.9 Å². The van der Waals surface area contributed by atoms with Crippen LogP contribution in [-0.4, -0.2) is 16.0 Å². The zero-order valence-corrected chi connectivity index (χ0v) is 11.4. The highest BCUT2D eigenvalue weighted by Crippen LogP contribution is 2.42. The molecule has 0 aliphatic carbocycles. The largest absolute Gasteiger partial charge is 0.260 e. The molecule has 1 aliphatic heterocycles. The van der Waals surface area contributed by atoms with Crippen molar-refractivity contribution in [2.75, 3.05) is 0 Å². The van der Waals surface area contributed by atoms with E-state index in [1.807, 2.05) is 24.5 Å². The zero-order chi connectivity index (χ0) is 11.1. The fourth-order valence-corrected chi connectivity index (χ4v) is 2.90. The van der Waals surface area contributed by atoms with Gasteiger partial charge in [0.25, 0.3) is 0 Å². The molecule has 0 fully saturated rings. The molecule has 1 aliphatic rings. The molecular formula is C12H8Br2N2. The zero-order valence-electron chi connectivity index (χ0n) is 8.27. The highest BCUT2D eigenvalue weighted by molar-refractivity contribution is 9.12. The van der Waals surface area contributed by atoms with Gasteiger partial charge in [-0.25, -0.2) is 0 Å². The van der Waals surface area contributed by atoms with Crippen molar-refractivity contribution in [3.05, 3.63) is 36.0 Å². The molecule has 80 valence electrons. The lowest BCUT2D eigenvalue weighted by Gasteiger charge is -2.21. The summed E-state index contributed by atoms with van der Waals surface area (Å²) in [6.45, 7) is 0. The summed E-state index contributed by atoms with van der Waals surface area (Å²) >= 11 is 7.28. The van der Waals surface area contributed by atoms with Crippen LogP contribution in [0.3, 0.4) is 0 Å². The number of aromatic nitrogens is 1. The fourth-order valence-electron chi connectivity index (χ4n) is 1.93. The standard InChI is InChI=1S/C12H8Br2N2/c13-8-6-16-9-4-3-7-2-1-5-15-12(7)10(9)11(8)14/h1-6,8,11H. The molecule has 2 atom stereocenters. The van der Waals surface area contributed by atoms with Gasteiger partial charge >= 0.3 is 0 Å². The van der Waals surface area contributed by atoms with Gasteiger partial charge in [-0.2, -0.15) is 0 Å². The molecule has 0 bridgehead atoms. The van der Waals surface area contributed by atoms with Gasteiger partial charge in [0.05, 0.1) is 20.9 Å². The van der Waals surface area contributed by atoms with Crippen LogP contribution in [0, 0.1) is 0 Å². The number of fused-ring (bicyclic) bond motifs is 3. The molecular weight excluding hydrogens is 332 g/mol. The van der Waals surface area contributed by atoms with Crippen molar-refractivity contribution in [3.63, 3.8) is 0 Å². The normalized spacial score (nSPS) is 23.4. The Morgan fingerprint density at radius 2 is 2.00 bits per heavy atom. The summed E-state index contributed by atoms with van der Waals surface area (Å²) in [7, 11) is 0. The molecule has 4 heteroatoms. The Morgan fingerprint density at radius 1 is 1.12 bits per heavy atom. The maximum Gasteiger partial charge on any atom is 0.0767 e. The van der Waals surface area contributed by atoms with Gasteiger partial charge in [0.15, 0.2) is 0 Å². The number of hydrogen-bond donors (Lipinski definition) is 0. The highest BCUT2D eigenvalue weighted by atomic mass is 79.9. The molecule has 1 aromatic heterocycles. The van der Waals surface area contributed by atoms with E-state index in [1.165, 1.54) is 5.56 Å². The van der Waals surface area contributed by atoms with E-state index in [0.717, 1.165) is 16.6 Å². The predicted molar refractivity (Wildman–Crippen MR) is 74.3 cm³/mol. The number of nitrogens with zero attached hydrogens (tertiary/aromatic N) is 2. The smallest absolute Gasteiger partial charge is 0.0767 e. The summed E-state index contributed by atoms with van der Waals surface area (Å²) in [5, 5.41) is 1.16. The third-order valence-corrected chi connectivity index (χ3v) is 5.20. The summed E-state index contributed by atoms with van der Waals surface area (Å²) in [5.74, 6) is 0. The molecule has 0 spiro atoms. The lowest BCUT2D eigenvalue weighted by molar-refractivity contribution is 1.05. The number of aliphatic imine (C=N–C) groups is 1. The van der Waals surface area contributed by atoms with E-state index < -0.39 is 0 Å². The van der Waals surface area contributed by atoms with E-state index in [0.29, 0.717) is 0 Å². The fraction of sp³-hybridized carbons (Fsp3) is 0.167.